The Kier molecular flexibility index (Phi) is 6.49. The first kappa shape index (κ1) is 19.7. The second-order valence-corrected chi connectivity index (χ2v) is 6.41. The molecule has 0 aromatic heterocycles. The molecular weight excluding hydrogens is 360 g/mol. The Balaban J connectivity index is 1.71. The molecule has 148 valence electrons. The van der Waals surface area contributed by atoms with E-state index in [4.69, 9.17) is 14.2 Å². The summed E-state index contributed by atoms with van der Waals surface area (Å²) in [4.78, 5) is 25.2. The molecule has 2 amide bonds. The molecule has 28 heavy (non-hydrogen) atoms. The molecule has 0 unspecified atom stereocenters. The van der Waals surface area contributed by atoms with Crippen LogP contribution in [-0.2, 0) is 4.74 Å². The Labute approximate surface area is 164 Å². The van der Waals surface area contributed by atoms with E-state index in [1.54, 1.807) is 42.5 Å². The van der Waals surface area contributed by atoms with Crippen molar-refractivity contribution in [2.75, 3.05) is 32.7 Å². The highest BCUT2D eigenvalue weighted by Crippen LogP contribution is 2.28. The van der Waals surface area contributed by atoms with Crippen molar-refractivity contribution in [3.8, 4) is 11.5 Å². The molecule has 7 heteroatoms. The number of carbonyl (C=O) groups excluding carboxylic acids is 2. The van der Waals surface area contributed by atoms with Gasteiger partial charge < -0.3 is 24.8 Å². The third kappa shape index (κ3) is 4.61. The number of anilines is 1. The monoisotopic (exact) mass is 384 g/mol. The van der Waals surface area contributed by atoms with Crippen molar-refractivity contribution in [3.05, 3.63) is 53.6 Å². The highest BCUT2D eigenvalue weighted by atomic mass is 16.5. The summed E-state index contributed by atoms with van der Waals surface area (Å²) in [5, 5.41) is 5.67. The lowest BCUT2D eigenvalue weighted by Crippen LogP contribution is -2.32. The first-order chi connectivity index (χ1) is 13.6. The van der Waals surface area contributed by atoms with Crippen LogP contribution in [0.2, 0.25) is 0 Å². The first-order valence-corrected chi connectivity index (χ1v) is 9.14. The van der Waals surface area contributed by atoms with E-state index in [2.05, 4.69) is 10.6 Å². The van der Waals surface area contributed by atoms with Crippen LogP contribution >= 0.6 is 0 Å². The molecule has 0 spiro atoms. The van der Waals surface area contributed by atoms with E-state index in [-0.39, 0.29) is 17.9 Å². The van der Waals surface area contributed by atoms with Crippen LogP contribution < -0.4 is 20.1 Å². The van der Waals surface area contributed by atoms with Gasteiger partial charge >= 0.3 is 0 Å². The van der Waals surface area contributed by atoms with Crippen molar-refractivity contribution < 1.29 is 23.8 Å². The lowest BCUT2D eigenvalue weighted by atomic mass is 10.1. The zero-order chi connectivity index (χ0) is 19.9. The predicted octanol–water partition coefficient (Wildman–Crippen LogP) is 2.86. The van der Waals surface area contributed by atoms with Crippen LogP contribution in [0.3, 0.4) is 0 Å². The van der Waals surface area contributed by atoms with E-state index in [0.717, 1.165) is 19.4 Å². The normalized spacial score (nSPS) is 15.7. The van der Waals surface area contributed by atoms with Gasteiger partial charge in [-0.3, -0.25) is 9.59 Å². The van der Waals surface area contributed by atoms with Crippen LogP contribution in [0.1, 0.15) is 33.6 Å². The third-order valence-corrected chi connectivity index (χ3v) is 4.58. The molecule has 0 radical (unpaired) electrons. The Morgan fingerprint density at radius 1 is 1.07 bits per heavy atom. The van der Waals surface area contributed by atoms with Gasteiger partial charge in [-0.15, -0.1) is 0 Å². The van der Waals surface area contributed by atoms with E-state index in [1.807, 2.05) is 0 Å². The zero-order valence-electron chi connectivity index (χ0n) is 16.0. The number of methoxy groups -OCH3 is 2. The molecule has 0 saturated carbocycles. The van der Waals surface area contributed by atoms with Crippen molar-refractivity contribution in [1.29, 1.82) is 0 Å². The maximum absolute atomic E-state index is 12.7. The number of amides is 2. The van der Waals surface area contributed by atoms with Gasteiger partial charge in [-0.05, 0) is 43.2 Å². The van der Waals surface area contributed by atoms with E-state index < -0.39 is 0 Å². The van der Waals surface area contributed by atoms with Crippen molar-refractivity contribution in [2.45, 2.75) is 18.9 Å². The lowest BCUT2D eigenvalue weighted by molar-refractivity contribution is 0.0858. The van der Waals surface area contributed by atoms with E-state index in [0.29, 0.717) is 34.9 Å². The summed E-state index contributed by atoms with van der Waals surface area (Å²) < 4.78 is 16.0. The average molecular weight is 384 g/mol. The molecule has 2 N–H and O–H groups in total. The second-order valence-electron chi connectivity index (χ2n) is 6.41. The van der Waals surface area contributed by atoms with Crippen molar-refractivity contribution >= 4 is 17.5 Å². The van der Waals surface area contributed by atoms with Gasteiger partial charge in [0, 0.05) is 18.7 Å². The summed E-state index contributed by atoms with van der Waals surface area (Å²) in [6, 6.07) is 11.8. The molecule has 0 aliphatic carbocycles. The topological polar surface area (TPSA) is 85.9 Å². The Morgan fingerprint density at radius 3 is 2.57 bits per heavy atom. The number of ether oxygens (including phenoxy) is 3. The highest BCUT2D eigenvalue weighted by molar-refractivity contribution is 6.09. The van der Waals surface area contributed by atoms with Gasteiger partial charge in [0.1, 0.15) is 0 Å². The smallest absolute Gasteiger partial charge is 0.255 e. The summed E-state index contributed by atoms with van der Waals surface area (Å²) in [6.45, 7) is 1.19. The molecule has 1 aliphatic heterocycles. The minimum atomic E-state index is -0.347. The fourth-order valence-corrected chi connectivity index (χ4v) is 3.07. The fraction of sp³-hybridized carbons (Fsp3) is 0.333. The first-order valence-electron chi connectivity index (χ1n) is 9.14. The van der Waals surface area contributed by atoms with Crippen LogP contribution in [0.4, 0.5) is 5.69 Å². The summed E-state index contributed by atoms with van der Waals surface area (Å²) in [7, 11) is 3.04. The largest absolute Gasteiger partial charge is 0.493 e. The molecule has 1 saturated heterocycles. The summed E-state index contributed by atoms with van der Waals surface area (Å²) in [5.74, 6) is 0.393. The number of hydrogen-bond donors (Lipinski definition) is 2. The van der Waals surface area contributed by atoms with E-state index >= 15 is 0 Å². The Hall–Kier alpha value is -3.06. The Morgan fingerprint density at radius 2 is 1.86 bits per heavy atom. The standard InChI is InChI=1S/C21H24N2O5/c1-26-18-10-9-14(12-19(18)27-2)20(24)23-17-8-4-3-7-16(17)21(25)22-13-15-6-5-11-28-15/h3-4,7-10,12,15H,5-6,11,13H2,1-2H3,(H,22,25)(H,23,24)/t15-/m0/s1. The van der Waals surface area contributed by atoms with Gasteiger partial charge in [-0.1, -0.05) is 12.1 Å². The van der Waals surface area contributed by atoms with Gasteiger partial charge in [-0.2, -0.15) is 0 Å². The molecular formula is C21H24N2O5. The molecule has 1 aliphatic rings. The predicted molar refractivity (Wildman–Crippen MR) is 105 cm³/mol. The SMILES string of the molecule is COc1ccc(C(=O)Nc2ccccc2C(=O)NC[C@@H]2CCCO2)cc1OC. The number of hydrogen-bond acceptors (Lipinski definition) is 5. The molecule has 1 heterocycles. The van der Waals surface area contributed by atoms with Crippen LogP contribution in [0, 0.1) is 0 Å². The summed E-state index contributed by atoms with van der Waals surface area (Å²) in [5.41, 5.74) is 1.23. The second kappa shape index (κ2) is 9.23. The van der Waals surface area contributed by atoms with Crippen LogP contribution in [-0.4, -0.2) is 45.3 Å². The van der Waals surface area contributed by atoms with Crippen LogP contribution in [0.5, 0.6) is 11.5 Å². The molecule has 2 aromatic rings. The zero-order valence-corrected chi connectivity index (χ0v) is 16.0. The molecule has 0 bridgehead atoms. The van der Waals surface area contributed by atoms with Gasteiger partial charge in [0.2, 0.25) is 0 Å². The molecule has 2 aromatic carbocycles. The van der Waals surface area contributed by atoms with E-state index in [1.165, 1.54) is 14.2 Å². The van der Waals surface area contributed by atoms with Gasteiger partial charge in [0.15, 0.2) is 11.5 Å². The number of rotatable bonds is 7. The minimum Gasteiger partial charge on any atom is -0.493 e. The number of benzene rings is 2. The summed E-state index contributed by atoms with van der Waals surface area (Å²) in [6.07, 6.45) is 2.01. The number of nitrogens with one attached hydrogen (secondary N) is 2. The fourth-order valence-electron chi connectivity index (χ4n) is 3.07. The van der Waals surface area contributed by atoms with Gasteiger partial charge in [0.05, 0.1) is 31.6 Å². The number of carbonyl (C=O) groups is 2. The lowest BCUT2D eigenvalue weighted by Gasteiger charge is -2.14. The van der Waals surface area contributed by atoms with Crippen molar-refractivity contribution in [1.82, 2.24) is 5.32 Å². The molecule has 7 nitrogen and oxygen atoms in total. The van der Waals surface area contributed by atoms with Crippen molar-refractivity contribution in [3.63, 3.8) is 0 Å². The molecule has 3 rings (SSSR count). The summed E-state index contributed by atoms with van der Waals surface area (Å²) >= 11 is 0. The maximum atomic E-state index is 12.7. The molecule has 1 atom stereocenters. The van der Waals surface area contributed by atoms with Crippen molar-refractivity contribution in [2.24, 2.45) is 0 Å². The maximum Gasteiger partial charge on any atom is 0.255 e. The molecule has 1 fully saturated rings. The average Bonchev–Trinajstić information content (AvgIpc) is 3.25. The Bertz CT molecular complexity index is 846. The van der Waals surface area contributed by atoms with Gasteiger partial charge in [0.25, 0.3) is 11.8 Å². The minimum absolute atomic E-state index is 0.0532. The highest BCUT2D eigenvalue weighted by Gasteiger charge is 2.19. The quantitative estimate of drug-likeness (QED) is 0.767. The van der Waals surface area contributed by atoms with Gasteiger partial charge in [-0.25, -0.2) is 0 Å². The third-order valence-electron chi connectivity index (χ3n) is 4.58. The van der Waals surface area contributed by atoms with E-state index in [9.17, 15) is 9.59 Å². The van der Waals surface area contributed by atoms with Crippen LogP contribution in [0.25, 0.3) is 0 Å². The van der Waals surface area contributed by atoms with Crippen LogP contribution in [0.15, 0.2) is 42.5 Å². The number of para-hydroxylation sites is 1.